The van der Waals surface area contributed by atoms with Gasteiger partial charge in [0.1, 0.15) is 0 Å². The van der Waals surface area contributed by atoms with E-state index in [9.17, 15) is 9.90 Å². The van der Waals surface area contributed by atoms with Crippen molar-refractivity contribution < 1.29 is 24.1 Å². The molecular weight excluding hydrogens is 338 g/mol. The number of aromatic nitrogens is 2. The van der Waals surface area contributed by atoms with Crippen LogP contribution in [0.2, 0.25) is 0 Å². The van der Waals surface area contributed by atoms with Crippen molar-refractivity contribution in [3.8, 4) is 17.2 Å². The van der Waals surface area contributed by atoms with Gasteiger partial charge in [0.2, 0.25) is 5.75 Å². The van der Waals surface area contributed by atoms with E-state index in [1.165, 1.54) is 21.3 Å². The van der Waals surface area contributed by atoms with Crippen molar-refractivity contribution in [2.75, 3.05) is 26.6 Å². The molecule has 3 aromatic rings. The third-order valence-electron chi connectivity index (χ3n) is 3.70. The average molecular weight is 355 g/mol. The SMILES string of the molecule is COc1cc(Nc2nc3ccccc3nc2C(=O)O)cc(OC)c1OC. The van der Waals surface area contributed by atoms with Crippen molar-refractivity contribution >= 4 is 28.5 Å². The van der Waals surface area contributed by atoms with Crippen molar-refractivity contribution in [2.45, 2.75) is 0 Å². The molecule has 0 radical (unpaired) electrons. The Morgan fingerprint density at radius 2 is 1.54 bits per heavy atom. The predicted octanol–water partition coefficient (Wildman–Crippen LogP) is 3.10. The van der Waals surface area contributed by atoms with Gasteiger partial charge in [0.25, 0.3) is 0 Å². The molecule has 0 aliphatic heterocycles. The highest BCUT2D eigenvalue weighted by atomic mass is 16.5. The molecule has 2 N–H and O–H groups in total. The number of benzene rings is 2. The first kappa shape index (κ1) is 17.3. The Bertz CT molecular complexity index is 949. The Morgan fingerprint density at radius 3 is 2.04 bits per heavy atom. The summed E-state index contributed by atoms with van der Waals surface area (Å²) in [5, 5.41) is 12.5. The van der Waals surface area contributed by atoms with Gasteiger partial charge in [-0.15, -0.1) is 0 Å². The number of para-hydroxylation sites is 2. The Kier molecular flexibility index (Phi) is 4.74. The summed E-state index contributed by atoms with van der Waals surface area (Å²) in [6.07, 6.45) is 0. The molecule has 3 rings (SSSR count). The predicted molar refractivity (Wildman–Crippen MR) is 95.9 cm³/mol. The summed E-state index contributed by atoms with van der Waals surface area (Å²) in [5.74, 6) is 0.229. The Hall–Kier alpha value is -3.55. The summed E-state index contributed by atoms with van der Waals surface area (Å²) < 4.78 is 15.9. The van der Waals surface area contributed by atoms with E-state index >= 15 is 0 Å². The quantitative estimate of drug-likeness (QED) is 0.695. The van der Waals surface area contributed by atoms with Gasteiger partial charge in [-0.05, 0) is 12.1 Å². The first-order chi connectivity index (χ1) is 12.6. The van der Waals surface area contributed by atoms with Crippen molar-refractivity contribution in [1.29, 1.82) is 0 Å². The molecule has 0 saturated heterocycles. The van der Waals surface area contributed by atoms with Gasteiger partial charge in [-0.1, -0.05) is 12.1 Å². The lowest BCUT2D eigenvalue weighted by Crippen LogP contribution is -2.08. The molecule has 2 aromatic carbocycles. The Morgan fingerprint density at radius 1 is 0.962 bits per heavy atom. The number of carboxylic acid groups (broad SMARTS) is 1. The third-order valence-corrected chi connectivity index (χ3v) is 3.70. The second-order valence-corrected chi connectivity index (χ2v) is 5.25. The maximum absolute atomic E-state index is 11.6. The number of fused-ring (bicyclic) bond motifs is 1. The maximum atomic E-state index is 11.6. The van der Waals surface area contributed by atoms with Crippen LogP contribution in [0.25, 0.3) is 11.0 Å². The van der Waals surface area contributed by atoms with E-state index in [0.717, 1.165) is 0 Å². The van der Waals surface area contributed by atoms with Crippen molar-refractivity contribution in [1.82, 2.24) is 9.97 Å². The van der Waals surface area contributed by atoms with E-state index in [4.69, 9.17) is 14.2 Å². The number of hydrogen-bond acceptors (Lipinski definition) is 7. The lowest BCUT2D eigenvalue weighted by atomic mass is 10.2. The zero-order valence-electron chi connectivity index (χ0n) is 14.4. The maximum Gasteiger partial charge on any atom is 0.358 e. The van der Waals surface area contributed by atoms with Gasteiger partial charge in [-0.3, -0.25) is 0 Å². The number of nitrogens with one attached hydrogen (secondary N) is 1. The molecule has 0 spiro atoms. The van der Waals surface area contributed by atoms with E-state index in [-0.39, 0.29) is 11.5 Å². The average Bonchev–Trinajstić information content (AvgIpc) is 2.66. The first-order valence-corrected chi connectivity index (χ1v) is 7.64. The number of nitrogens with zero attached hydrogens (tertiary/aromatic N) is 2. The minimum absolute atomic E-state index is 0.116. The molecule has 134 valence electrons. The van der Waals surface area contributed by atoms with Gasteiger partial charge in [-0.2, -0.15) is 0 Å². The molecule has 8 nitrogen and oxygen atoms in total. The molecule has 0 fully saturated rings. The van der Waals surface area contributed by atoms with Crippen LogP contribution < -0.4 is 19.5 Å². The van der Waals surface area contributed by atoms with Crippen LogP contribution in [0.4, 0.5) is 11.5 Å². The van der Waals surface area contributed by atoms with Gasteiger partial charge < -0.3 is 24.6 Å². The fourth-order valence-corrected chi connectivity index (χ4v) is 2.53. The topological polar surface area (TPSA) is 103 Å². The highest BCUT2D eigenvalue weighted by molar-refractivity contribution is 5.95. The smallest absolute Gasteiger partial charge is 0.358 e. The van der Waals surface area contributed by atoms with Gasteiger partial charge in [0.05, 0.1) is 32.4 Å². The van der Waals surface area contributed by atoms with E-state index < -0.39 is 5.97 Å². The zero-order chi connectivity index (χ0) is 18.7. The van der Waals surface area contributed by atoms with Crippen molar-refractivity contribution in [2.24, 2.45) is 0 Å². The number of methoxy groups -OCH3 is 3. The van der Waals surface area contributed by atoms with Crippen LogP contribution in [0, 0.1) is 0 Å². The van der Waals surface area contributed by atoms with Gasteiger partial charge in [0, 0.05) is 17.8 Å². The fraction of sp³-hybridized carbons (Fsp3) is 0.167. The fourth-order valence-electron chi connectivity index (χ4n) is 2.53. The molecule has 0 aliphatic rings. The standard InChI is InChI=1S/C18H17N3O5/c1-24-13-8-10(9-14(25-2)16(13)26-3)19-17-15(18(22)23)20-11-6-4-5-7-12(11)21-17/h4-9H,1-3H3,(H,19,21)(H,22,23). The van der Waals surface area contributed by atoms with Crippen molar-refractivity contribution in [3.63, 3.8) is 0 Å². The summed E-state index contributed by atoms with van der Waals surface area (Å²) in [6.45, 7) is 0. The second kappa shape index (κ2) is 7.14. The monoisotopic (exact) mass is 355 g/mol. The molecular formula is C18H17N3O5. The molecule has 0 unspecified atom stereocenters. The normalized spacial score (nSPS) is 10.4. The second-order valence-electron chi connectivity index (χ2n) is 5.25. The molecule has 0 bridgehead atoms. The zero-order valence-corrected chi connectivity index (χ0v) is 14.4. The van der Waals surface area contributed by atoms with Crippen LogP contribution in [0.5, 0.6) is 17.2 Å². The van der Waals surface area contributed by atoms with Crippen LogP contribution in [0.3, 0.4) is 0 Å². The molecule has 0 atom stereocenters. The van der Waals surface area contributed by atoms with E-state index in [1.807, 2.05) is 0 Å². The lowest BCUT2D eigenvalue weighted by molar-refractivity contribution is 0.0692. The van der Waals surface area contributed by atoms with Crippen LogP contribution >= 0.6 is 0 Å². The van der Waals surface area contributed by atoms with E-state index in [2.05, 4.69) is 15.3 Å². The Balaban J connectivity index is 2.11. The highest BCUT2D eigenvalue weighted by Gasteiger charge is 2.18. The number of anilines is 2. The highest BCUT2D eigenvalue weighted by Crippen LogP contribution is 2.40. The number of ether oxygens (including phenoxy) is 3. The minimum Gasteiger partial charge on any atom is -0.493 e. The molecule has 1 heterocycles. The lowest BCUT2D eigenvalue weighted by Gasteiger charge is -2.15. The number of aromatic carboxylic acids is 1. The Labute approximate surface area is 149 Å². The molecule has 0 amide bonds. The number of hydrogen-bond donors (Lipinski definition) is 2. The van der Waals surface area contributed by atoms with E-state index in [1.54, 1.807) is 36.4 Å². The third kappa shape index (κ3) is 3.16. The van der Waals surface area contributed by atoms with Crippen molar-refractivity contribution in [3.05, 3.63) is 42.1 Å². The summed E-state index contributed by atoms with van der Waals surface area (Å²) in [7, 11) is 4.50. The van der Waals surface area contributed by atoms with Crippen LogP contribution in [-0.4, -0.2) is 42.4 Å². The van der Waals surface area contributed by atoms with Crippen LogP contribution in [0.1, 0.15) is 10.5 Å². The van der Waals surface area contributed by atoms with Crippen LogP contribution in [0.15, 0.2) is 36.4 Å². The summed E-state index contributed by atoms with van der Waals surface area (Å²) in [5.41, 5.74) is 1.41. The molecule has 8 heteroatoms. The summed E-state index contributed by atoms with van der Waals surface area (Å²) in [4.78, 5) is 20.1. The van der Waals surface area contributed by atoms with Gasteiger partial charge in [-0.25, -0.2) is 14.8 Å². The van der Waals surface area contributed by atoms with Gasteiger partial charge in [0.15, 0.2) is 23.0 Å². The van der Waals surface area contributed by atoms with Gasteiger partial charge >= 0.3 is 5.97 Å². The first-order valence-electron chi connectivity index (χ1n) is 7.64. The van der Waals surface area contributed by atoms with E-state index in [0.29, 0.717) is 34.0 Å². The summed E-state index contributed by atoms with van der Waals surface area (Å²) in [6, 6.07) is 10.4. The number of carboxylic acids is 1. The molecule has 1 aromatic heterocycles. The number of rotatable bonds is 6. The summed E-state index contributed by atoms with van der Waals surface area (Å²) >= 11 is 0. The molecule has 0 aliphatic carbocycles. The largest absolute Gasteiger partial charge is 0.493 e. The van der Waals surface area contributed by atoms with Crippen LogP contribution in [-0.2, 0) is 0 Å². The number of carbonyl (C=O) groups is 1. The minimum atomic E-state index is -1.18. The molecule has 0 saturated carbocycles. The molecule has 26 heavy (non-hydrogen) atoms.